The lowest BCUT2D eigenvalue weighted by Gasteiger charge is -2.38. The third kappa shape index (κ3) is 15.1. The van der Waals surface area contributed by atoms with Gasteiger partial charge in [0, 0.05) is 18.2 Å². The van der Waals surface area contributed by atoms with Crippen LogP contribution in [0.4, 0.5) is 9.59 Å². The summed E-state index contributed by atoms with van der Waals surface area (Å²) in [6.07, 6.45) is -3.40. The molecule has 0 spiro atoms. The number of aromatic nitrogens is 1. The molecule has 318 valence electrons. The lowest BCUT2D eigenvalue weighted by molar-refractivity contribution is -0.141. The van der Waals surface area contributed by atoms with Crippen LogP contribution in [-0.2, 0) is 34.6 Å². The average Bonchev–Trinajstić information content (AvgIpc) is 3.11. The number of phosphoric acid groups is 1. The topological polar surface area (TPSA) is 235 Å². The molecule has 1 heterocycles. The van der Waals surface area contributed by atoms with Gasteiger partial charge >= 0.3 is 20.0 Å². The van der Waals surface area contributed by atoms with Crippen LogP contribution in [-0.4, -0.2) is 87.5 Å². The Morgan fingerprint density at radius 2 is 1.33 bits per heavy atom. The molecule has 0 aliphatic rings. The maximum atomic E-state index is 14.5. The molecule has 16 nitrogen and oxygen atoms in total. The average molecular weight is 828 g/mol. The van der Waals surface area contributed by atoms with Crippen molar-refractivity contribution in [2.24, 2.45) is 10.8 Å². The number of amides is 4. The first-order chi connectivity index (χ1) is 27.0. The minimum absolute atomic E-state index is 0.0949. The Kier molecular flexibility index (Phi) is 17.0. The smallest absolute Gasteiger partial charge is 0.465 e. The minimum Gasteiger partial charge on any atom is -0.465 e. The molecule has 2 aromatic carbocycles. The number of hydrogen-bond acceptors (Lipinski definition) is 9. The number of ether oxygens (including phenoxy) is 2. The number of alkyl carbamates (subject to hydrolysis) is 1. The lowest BCUT2D eigenvalue weighted by Crippen LogP contribution is -2.59. The van der Waals surface area contributed by atoms with E-state index in [1.54, 1.807) is 59.9 Å². The Hall–Kier alpha value is -4.86. The molecule has 0 saturated heterocycles. The fraction of sp³-hybridized carbons (Fsp3) is 0.488. The van der Waals surface area contributed by atoms with Gasteiger partial charge in [0.05, 0.1) is 24.9 Å². The first-order valence-corrected chi connectivity index (χ1v) is 20.4. The largest absolute Gasteiger partial charge is 0.471 e. The van der Waals surface area contributed by atoms with Gasteiger partial charge in [-0.1, -0.05) is 102 Å². The molecule has 7 N–H and O–H groups in total. The molecular formula is C41H58N5O11P. The lowest BCUT2D eigenvalue weighted by atomic mass is 9.81. The fourth-order valence-electron chi connectivity index (χ4n) is 6.63. The van der Waals surface area contributed by atoms with Gasteiger partial charge in [0.15, 0.2) is 6.29 Å². The predicted octanol–water partition coefficient (Wildman–Crippen LogP) is 5.42. The van der Waals surface area contributed by atoms with Crippen molar-refractivity contribution in [1.29, 1.82) is 0 Å². The standard InChI is InChI=1S/C41H58N5O11P/c1-25-20-21-42-30(22-25)33(28-18-14-11-15-19-28)31(44-37(48)35(41(6,7)8)46-39(51)55-9)24-32(56-26(2)57-58(52,53)54)29(23-27-16-12-10-13-17-27)43-36(47)34(40(3,4)5)45-38(49)50/h10-22,26,29,31-35,45H,23-24H2,1-9H3,(H,43,47)(H,44,48)(H,46,51)(H,49,50)(H2,52,53,54)/t26?,29-,31-,32-,33?,34+,35+/m0/s1. The first kappa shape index (κ1) is 47.5. The molecule has 7 atom stereocenters. The molecule has 3 rings (SSSR count). The molecule has 4 amide bonds. The Labute approximate surface area is 340 Å². The summed E-state index contributed by atoms with van der Waals surface area (Å²) in [5, 5.41) is 20.7. The molecule has 2 unspecified atom stereocenters. The number of benzene rings is 2. The van der Waals surface area contributed by atoms with Crippen LogP contribution in [0.5, 0.6) is 0 Å². The van der Waals surface area contributed by atoms with Crippen LogP contribution >= 0.6 is 7.82 Å². The maximum absolute atomic E-state index is 14.5. The molecule has 0 aliphatic heterocycles. The number of phosphoric ester groups is 1. The normalized spacial score (nSPS) is 15.7. The van der Waals surface area contributed by atoms with Gasteiger partial charge in [-0.15, -0.1) is 0 Å². The summed E-state index contributed by atoms with van der Waals surface area (Å²) in [5.74, 6) is -1.97. The number of carbonyl (C=O) groups excluding carboxylic acids is 3. The molecule has 0 radical (unpaired) electrons. The number of aryl methyl sites for hydroxylation is 1. The molecule has 3 aromatic rings. The van der Waals surface area contributed by atoms with Crippen LogP contribution in [0.25, 0.3) is 0 Å². The number of methoxy groups -OCH3 is 1. The molecule has 0 saturated carbocycles. The number of nitrogens with zero attached hydrogens (tertiary/aromatic N) is 1. The van der Waals surface area contributed by atoms with Crippen molar-refractivity contribution in [1.82, 2.24) is 26.3 Å². The second-order valence-electron chi connectivity index (χ2n) is 16.3. The number of hydrogen-bond donors (Lipinski definition) is 7. The van der Waals surface area contributed by atoms with Gasteiger partial charge in [-0.3, -0.25) is 19.1 Å². The summed E-state index contributed by atoms with van der Waals surface area (Å²) in [5.41, 5.74) is 1.19. The maximum Gasteiger partial charge on any atom is 0.471 e. The van der Waals surface area contributed by atoms with Crippen molar-refractivity contribution in [3.63, 3.8) is 0 Å². The Bertz CT molecular complexity index is 1870. The second-order valence-corrected chi connectivity index (χ2v) is 17.5. The highest BCUT2D eigenvalue weighted by Crippen LogP contribution is 2.39. The third-order valence-electron chi connectivity index (χ3n) is 9.33. The predicted molar refractivity (Wildman–Crippen MR) is 217 cm³/mol. The van der Waals surface area contributed by atoms with E-state index in [0.29, 0.717) is 5.69 Å². The Balaban J connectivity index is 2.33. The minimum atomic E-state index is -5.10. The fourth-order valence-corrected chi connectivity index (χ4v) is 7.07. The van der Waals surface area contributed by atoms with Gasteiger partial charge in [-0.05, 0) is 66.3 Å². The van der Waals surface area contributed by atoms with Gasteiger partial charge in [0.2, 0.25) is 11.8 Å². The van der Waals surface area contributed by atoms with Crippen molar-refractivity contribution in [3.05, 3.63) is 101 Å². The zero-order chi connectivity index (χ0) is 43.4. The Morgan fingerprint density at radius 3 is 1.83 bits per heavy atom. The van der Waals surface area contributed by atoms with Crippen molar-refractivity contribution in [3.8, 4) is 0 Å². The van der Waals surface area contributed by atoms with E-state index in [0.717, 1.165) is 16.7 Å². The van der Waals surface area contributed by atoms with Crippen molar-refractivity contribution >= 4 is 31.8 Å². The summed E-state index contributed by atoms with van der Waals surface area (Å²) in [4.78, 5) is 77.4. The van der Waals surface area contributed by atoms with Crippen LogP contribution in [0.15, 0.2) is 79.0 Å². The van der Waals surface area contributed by atoms with Crippen LogP contribution in [0.1, 0.15) is 83.2 Å². The van der Waals surface area contributed by atoms with E-state index in [4.69, 9.17) is 19.0 Å². The SMILES string of the molecule is COC(=O)N[C@H](C(=O)N[C@@H](C[C@H](OC(C)OP(=O)(O)O)[C@H](Cc1ccccc1)NC(=O)[C@@H](NC(=O)O)C(C)(C)C)C(c1ccccc1)c1cc(C)ccn1)C(C)(C)C. The molecule has 17 heteroatoms. The summed E-state index contributed by atoms with van der Waals surface area (Å²) < 4.78 is 28.2. The summed E-state index contributed by atoms with van der Waals surface area (Å²) in [6.45, 7) is 13.6. The monoisotopic (exact) mass is 827 g/mol. The van der Waals surface area contributed by atoms with E-state index in [1.165, 1.54) is 14.0 Å². The zero-order valence-corrected chi connectivity index (χ0v) is 35.4. The summed E-state index contributed by atoms with van der Waals surface area (Å²) >= 11 is 0. The van der Waals surface area contributed by atoms with Crippen LogP contribution in [0, 0.1) is 17.8 Å². The highest BCUT2D eigenvalue weighted by molar-refractivity contribution is 7.46. The van der Waals surface area contributed by atoms with E-state index < -0.39 is 85.1 Å². The van der Waals surface area contributed by atoms with Crippen LogP contribution < -0.4 is 21.3 Å². The van der Waals surface area contributed by atoms with Gasteiger partial charge in [0.25, 0.3) is 0 Å². The summed E-state index contributed by atoms with van der Waals surface area (Å²) in [7, 11) is -3.92. The highest BCUT2D eigenvalue weighted by atomic mass is 31.2. The third-order valence-corrected chi connectivity index (χ3v) is 9.90. The van der Waals surface area contributed by atoms with Crippen molar-refractivity contribution in [2.45, 2.75) is 111 Å². The number of carbonyl (C=O) groups is 4. The molecule has 58 heavy (non-hydrogen) atoms. The second kappa shape index (κ2) is 20.7. The van der Waals surface area contributed by atoms with Gasteiger partial charge < -0.3 is 45.6 Å². The van der Waals surface area contributed by atoms with Crippen molar-refractivity contribution in [2.75, 3.05) is 7.11 Å². The molecule has 0 fully saturated rings. The highest BCUT2D eigenvalue weighted by Gasteiger charge is 2.41. The van der Waals surface area contributed by atoms with Crippen LogP contribution in [0.3, 0.4) is 0 Å². The van der Waals surface area contributed by atoms with Gasteiger partial charge in [-0.2, -0.15) is 0 Å². The molecule has 0 aliphatic carbocycles. The molecular weight excluding hydrogens is 769 g/mol. The Morgan fingerprint density at radius 1 is 0.793 bits per heavy atom. The van der Waals surface area contributed by atoms with E-state index >= 15 is 0 Å². The number of pyridine rings is 1. The molecule has 0 bridgehead atoms. The van der Waals surface area contributed by atoms with Gasteiger partial charge in [-0.25, -0.2) is 14.2 Å². The zero-order valence-electron chi connectivity index (χ0n) is 34.5. The quantitative estimate of drug-likeness (QED) is 0.0630. The first-order valence-electron chi connectivity index (χ1n) is 18.8. The van der Waals surface area contributed by atoms with Gasteiger partial charge in [0.1, 0.15) is 12.1 Å². The number of carboxylic acid groups (broad SMARTS) is 1. The van der Waals surface area contributed by atoms with Crippen LogP contribution in [0.2, 0.25) is 0 Å². The van der Waals surface area contributed by atoms with E-state index in [9.17, 15) is 38.6 Å². The number of nitrogens with one attached hydrogen (secondary N) is 4. The van der Waals surface area contributed by atoms with E-state index in [-0.39, 0.29) is 12.8 Å². The van der Waals surface area contributed by atoms with E-state index in [1.807, 2.05) is 67.6 Å². The van der Waals surface area contributed by atoms with E-state index in [2.05, 4.69) is 21.3 Å². The molecule has 1 aromatic heterocycles. The summed E-state index contributed by atoms with van der Waals surface area (Å²) in [6, 6.07) is 17.6. The van der Waals surface area contributed by atoms with Crippen molar-refractivity contribution < 1.29 is 52.6 Å². The number of rotatable bonds is 18.